The summed E-state index contributed by atoms with van der Waals surface area (Å²) in [5.41, 5.74) is 5.89. The van der Waals surface area contributed by atoms with E-state index < -0.39 is 0 Å². The van der Waals surface area contributed by atoms with E-state index in [4.69, 9.17) is 5.73 Å². The lowest BCUT2D eigenvalue weighted by Crippen LogP contribution is -2.44. The minimum absolute atomic E-state index is 0.130. The van der Waals surface area contributed by atoms with Gasteiger partial charge in [-0.2, -0.15) is 0 Å². The number of carbonyl (C=O) groups is 1. The molecule has 1 aliphatic heterocycles. The zero-order valence-electron chi connectivity index (χ0n) is 12.6. The maximum Gasteiger partial charge on any atom is 0.265 e. The summed E-state index contributed by atoms with van der Waals surface area (Å²) in [5, 5.41) is 3.72. The van der Waals surface area contributed by atoms with Crippen LogP contribution < -0.4 is 16.0 Å². The lowest BCUT2D eigenvalue weighted by molar-refractivity contribution is 0.0959. The van der Waals surface area contributed by atoms with Crippen LogP contribution in [0.5, 0.6) is 0 Å². The van der Waals surface area contributed by atoms with E-state index in [0.29, 0.717) is 17.2 Å². The van der Waals surface area contributed by atoms with Gasteiger partial charge < -0.3 is 20.9 Å². The number of aromatic nitrogens is 1. The molecular formula is C14H23N5OS. The number of thiazole rings is 1. The molecule has 21 heavy (non-hydrogen) atoms. The van der Waals surface area contributed by atoms with Gasteiger partial charge in [0.15, 0.2) is 5.13 Å². The number of allylic oxidation sites excluding steroid dienone is 1. The quantitative estimate of drug-likeness (QED) is 0.631. The molecule has 116 valence electrons. The first-order chi connectivity index (χ1) is 10.1. The van der Waals surface area contributed by atoms with Crippen molar-refractivity contribution in [2.24, 2.45) is 0 Å². The second kappa shape index (κ2) is 7.42. The van der Waals surface area contributed by atoms with E-state index in [-0.39, 0.29) is 5.91 Å². The van der Waals surface area contributed by atoms with Crippen LogP contribution in [0.15, 0.2) is 12.2 Å². The van der Waals surface area contributed by atoms with Crippen molar-refractivity contribution in [3.63, 3.8) is 0 Å². The van der Waals surface area contributed by atoms with E-state index in [0.717, 1.165) is 37.7 Å². The molecule has 0 bridgehead atoms. The Labute approximate surface area is 129 Å². The third kappa shape index (κ3) is 4.18. The molecule has 1 aliphatic rings. The summed E-state index contributed by atoms with van der Waals surface area (Å²) in [6.45, 7) is 6.43. The van der Waals surface area contributed by atoms with Gasteiger partial charge in [-0.1, -0.05) is 23.5 Å². The van der Waals surface area contributed by atoms with E-state index in [9.17, 15) is 4.79 Å². The number of likely N-dealkylation sites (N-methyl/N-ethyl adjacent to an activating group) is 1. The minimum Gasteiger partial charge on any atom is -0.382 e. The van der Waals surface area contributed by atoms with Gasteiger partial charge in [-0.05, 0) is 20.4 Å². The number of nitrogens with zero attached hydrogens (tertiary/aromatic N) is 3. The van der Waals surface area contributed by atoms with Crippen LogP contribution in [-0.4, -0.2) is 55.6 Å². The molecule has 1 saturated heterocycles. The maximum atomic E-state index is 12.1. The SMILES string of the molecule is C/C=C/CCNC(=O)c1sc(N2CCN(C)CC2)nc1N. The van der Waals surface area contributed by atoms with Gasteiger partial charge in [-0.15, -0.1) is 0 Å². The molecule has 3 N–H and O–H groups in total. The van der Waals surface area contributed by atoms with Gasteiger partial charge >= 0.3 is 0 Å². The second-order valence-electron chi connectivity index (χ2n) is 5.11. The monoisotopic (exact) mass is 309 g/mol. The molecule has 0 spiro atoms. The van der Waals surface area contributed by atoms with Crippen molar-refractivity contribution in [2.45, 2.75) is 13.3 Å². The van der Waals surface area contributed by atoms with Crippen molar-refractivity contribution < 1.29 is 4.79 Å². The number of nitrogen functional groups attached to an aromatic ring is 1. The fourth-order valence-electron chi connectivity index (χ4n) is 2.13. The molecule has 1 aromatic heterocycles. The molecule has 0 aliphatic carbocycles. The second-order valence-corrected chi connectivity index (χ2v) is 6.09. The van der Waals surface area contributed by atoms with Gasteiger partial charge in [0.05, 0.1) is 0 Å². The number of hydrogen-bond donors (Lipinski definition) is 2. The summed E-state index contributed by atoms with van der Waals surface area (Å²) >= 11 is 1.38. The Bertz CT molecular complexity index is 505. The summed E-state index contributed by atoms with van der Waals surface area (Å²) in [5.74, 6) is 0.201. The summed E-state index contributed by atoms with van der Waals surface area (Å²) in [6.07, 6.45) is 4.82. The van der Waals surface area contributed by atoms with Gasteiger partial charge in [0, 0.05) is 32.7 Å². The van der Waals surface area contributed by atoms with Crippen molar-refractivity contribution in [3.05, 3.63) is 17.0 Å². The lowest BCUT2D eigenvalue weighted by Gasteiger charge is -2.31. The molecule has 7 heteroatoms. The summed E-state index contributed by atoms with van der Waals surface area (Å²) < 4.78 is 0. The van der Waals surface area contributed by atoms with Crippen LogP contribution in [0.3, 0.4) is 0 Å². The molecule has 6 nitrogen and oxygen atoms in total. The topological polar surface area (TPSA) is 74.5 Å². The normalized spacial score (nSPS) is 16.6. The number of anilines is 2. The average Bonchev–Trinajstić information content (AvgIpc) is 2.86. The van der Waals surface area contributed by atoms with Gasteiger partial charge in [0.25, 0.3) is 5.91 Å². The molecule has 0 radical (unpaired) electrons. The first-order valence-corrected chi connectivity index (χ1v) is 8.02. The molecular weight excluding hydrogens is 286 g/mol. The Hall–Kier alpha value is -1.60. The van der Waals surface area contributed by atoms with E-state index >= 15 is 0 Å². The first kappa shape index (κ1) is 15.8. The van der Waals surface area contributed by atoms with Gasteiger partial charge in [-0.25, -0.2) is 4.98 Å². The largest absolute Gasteiger partial charge is 0.382 e. The fourth-order valence-corrected chi connectivity index (χ4v) is 3.09. The van der Waals surface area contributed by atoms with Crippen LogP contribution in [0.1, 0.15) is 23.0 Å². The number of hydrogen-bond acceptors (Lipinski definition) is 6. The maximum absolute atomic E-state index is 12.1. The molecule has 0 aromatic carbocycles. The van der Waals surface area contributed by atoms with Crippen molar-refractivity contribution in [1.82, 2.24) is 15.2 Å². The van der Waals surface area contributed by atoms with Crippen molar-refractivity contribution in [1.29, 1.82) is 0 Å². The number of nitrogens with two attached hydrogens (primary N) is 1. The Morgan fingerprint density at radius 3 is 2.81 bits per heavy atom. The molecule has 1 amide bonds. The zero-order chi connectivity index (χ0) is 15.2. The van der Waals surface area contributed by atoms with Crippen molar-refractivity contribution in [3.8, 4) is 0 Å². The Morgan fingerprint density at radius 2 is 2.14 bits per heavy atom. The van der Waals surface area contributed by atoms with Crippen molar-refractivity contribution in [2.75, 3.05) is 50.4 Å². The summed E-state index contributed by atoms with van der Waals surface area (Å²) in [6, 6.07) is 0. The third-order valence-corrected chi connectivity index (χ3v) is 4.59. The van der Waals surface area contributed by atoms with E-state index in [2.05, 4.69) is 27.1 Å². The minimum atomic E-state index is -0.130. The highest BCUT2D eigenvalue weighted by Crippen LogP contribution is 2.28. The van der Waals surface area contributed by atoms with Crippen LogP contribution >= 0.6 is 11.3 Å². The van der Waals surface area contributed by atoms with Gasteiger partial charge in [-0.3, -0.25) is 4.79 Å². The van der Waals surface area contributed by atoms with Crippen LogP contribution in [0.4, 0.5) is 10.9 Å². The lowest BCUT2D eigenvalue weighted by atomic mass is 10.3. The van der Waals surface area contributed by atoms with Crippen LogP contribution in [-0.2, 0) is 0 Å². The smallest absolute Gasteiger partial charge is 0.265 e. The number of piperazine rings is 1. The van der Waals surface area contributed by atoms with E-state index in [1.807, 2.05) is 19.1 Å². The van der Waals surface area contributed by atoms with E-state index in [1.54, 1.807) is 0 Å². The average molecular weight is 309 g/mol. The highest BCUT2D eigenvalue weighted by atomic mass is 32.1. The highest BCUT2D eigenvalue weighted by Gasteiger charge is 2.21. The van der Waals surface area contributed by atoms with Crippen LogP contribution in [0.25, 0.3) is 0 Å². The van der Waals surface area contributed by atoms with E-state index in [1.165, 1.54) is 11.3 Å². The molecule has 0 unspecified atom stereocenters. The van der Waals surface area contributed by atoms with Gasteiger partial charge in [0.2, 0.25) is 0 Å². The fraction of sp³-hybridized carbons (Fsp3) is 0.571. The number of nitrogens with one attached hydrogen (secondary N) is 1. The zero-order valence-corrected chi connectivity index (χ0v) is 13.4. The molecule has 1 fully saturated rings. The molecule has 2 heterocycles. The molecule has 2 rings (SSSR count). The molecule has 1 aromatic rings. The molecule has 0 saturated carbocycles. The number of amides is 1. The third-order valence-electron chi connectivity index (χ3n) is 3.45. The highest BCUT2D eigenvalue weighted by molar-refractivity contribution is 7.18. The van der Waals surface area contributed by atoms with Crippen molar-refractivity contribution >= 4 is 28.2 Å². The predicted octanol–water partition coefficient (Wildman–Crippen LogP) is 1.17. The first-order valence-electron chi connectivity index (χ1n) is 7.21. The number of carbonyl (C=O) groups excluding carboxylic acids is 1. The summed E-state index contributed by atoms with van der Waals surface area (Å²) in [7, 11) is 2.11. The summed E-state index contributed by atoms with van der Waals surface area (Å²) in [4.78, 5) is 21.4. The predicted molar refractivity (Wildman–Crippen MR) is 88.0 cm³/mol. The Kier molecular flexibility index (Phi) is 5.58. The number of rotatable bonds is 5. The van der Waals surface area contributed by atoms with Crippen LogP contribution in [0, 0.1) is 0 Å². The van der Waals surface area contributed by atoms with Crippen LogP contribution in [0.2, 0.25) is 0 Å². The Morgan fingerprint density at radius 1 is 1.43 bits per heavy atom. The Balaban J connectivity index is 1.96. The molecule has 0 atom stereocenters. The standard InChI is InChI=1S/C14H23N5OS/c1-3-4-5-6-16-13(20)11-12(15)17-14(21-11)19-9-7-18(2)8-10-19/h3-4H,5-10,15H2,1-2H3,(H,16,20)/b4-3+. The van der Waals surface area contributed by atoms with Gasteiger partial charge in [0.1, 0.15) is 10.7 Å².